The van der Waals surface area contributed by atoms with Crippen molar-refractivity contribution in [2.24, 2.45) is 0 Å². The fourth-order valence-electron chi connectivity index (χ4n) is 3.05. The van der Waals surface area contributed by atoms with Gasteiger partial charge in [-0.3, -0.25) is 9.52 Å². The second-order valence-electron chi connectivity index (χ2n) is 7.15. The Hall–Kier alpha value is -3.86. The summed E-state index contributed by atoms with van der Waals surface area (Å²) in [5.74, 6) is -1.54. The molecule has 34 heavy (non-hydrogen) atoms. The summed E-state index contributed by atoms with van der Waals surface area (Å²) in [7, 11) is -3.08. The number of nitrogens with one attached hydrogen (secondary N) is 2. The van der Waals surface area contributed by atoms with Gasteiger partial charge in [-0.25, -0.2) is 13.2 Å². The predicted molar refractivity (Wildman–Crippen MR) is 119 cm³/mol. The quantitative estimate of drug-likeness (QED) is 0.479. The Balaban J connectivity index is 1.90. The van der Waals surface area contributed by atoms with Gasteiger partial charge in [0.2, 0.25) is 0 Å². The molecular formula is C23H19F3N2O5S. The number of benzene rings is 3. The molecule has 0 aliphatic heterocycles. The number of esters is 1. The molecule has 0 heterocycles. The van der Waals surface area contributed by atoms with Crippen molar-refractivity contribution in [3.63, 3.8) is 0 Å². The molecule has 0 aliphatic carbocycles. The molecule has 3 rings (SSSR count). The maximum absolute atomic E-state index is 12.9. The minimum atomic E-state index is -4.59. The van der Waals surface area contributed by atoms with Crippen LogP contribution in [0.5, 0.6) is 0 Å². The van der Waals surface area contributed by atoms with E-state index >= 15 is 0 Å². The lowest BCUT2D eigenvalue weighted by molar-refractivity contribution is -0.137. The van der Waals surface area contributed by atoms with Crippen molar-refractivity contribution in [1.82, 2.24) is 0 Å². The van der Waals surface area contributed by atoms with Gasteiger partial charge in [-0.1, -0.05) is 24.3 Å². The van der Waals surface area contributed by atoms with Gasteiger partial charge >= 0.3 is 12.1 Å². The molecule has 0 spiro atoms. The zero-order valence-corrected chi connectivity index (χ0v) is 18.8. The van der Waals surface area contributed by atoms with Crippen molar-refractivity contribution in [2.45, 2.75) is 18.0 Å². The van der Waals surface area contributed by atoms with Gasteiger partial charge < -0.3 is 10.1 Å². The number of hydrogen-bond donors (Lipinski definition) is 2. The van der Waals surface area contributed by atoms with Crippen LogP contribution >= 0.6 is 0 Å². The summed E-state index contributed by atoms with van der Waals surface area (Å²) in [6.45, 7) is 1.55. The minimum Gasteiger partial charge on any atom is -0.465 e. The fourth-order valence-corrected chi connectivity index (χ4v) is 4.15. The largest absolute Gasteiger partial charge is 0.465 e. The molecule has 2 N–H and O–H groups in total. The monoisotopic (exact) mass is 492 g/mol. The Kier molecular flexibility index (Phi) is 6.96. The highest BCUT2D eigenvalue weighted by Gasteiger charge is 2.30. The number of amides is 1. The van der Waals surface area contributed by atoms with Crippen LogP contribution in [0.3, 0.4) is 0 Å². The van der Waals surface area contributed by atoms with E-state index in [9.17, 15) is 31.2 Å². The number of aryl methyl sites for hydroxylation is 1. The maximum atomic E-state index is 12.9. The molecule has 0 aliphatic rings. The van der Waals surface area contributed by atoms with Gasteiger partial charge in [-0.15, -0.1) is 0 Å². The van der Waals surface area contributed by atoms with Crippen LogP contribution in [0, 0.1) is 6.92 Å². The summed E-state index contributed by atoms with van der Waals surface area (Å²) in [4.78, 5) is 24.4. The third-order valence-corrected chi connectivity index (χ3v) is 6.15. The van der Waals surface area contributed by atoms with E-state index in [0.717, 1.165) is 31.4 Å². The number of methoxy groups -OCH3 is 1. The molecule has 0 aromatic heterocycles. The van der Waals surface area contributed by atoms with E-state index in [1.807, 2.05) is 0 Å². The second-order valence-corrected chi connectivity index (χ2v) is 8.83. The Morgan fingerprint density at radius 2 is 1.62 bits per heavy atom. The molecule has 7 nitrogen and oxygen atoms in total. The van der Waals surface area contributed by atoms with Crippen molar-refractivity contribution in [1.29, 1.82) is 0 Å². The maximum Gasteiger partial charge on any atom is 0.416 e. The first kappa shape index (κ1) is 24.8. The van der Waals surface area contributed by atoms with E-state index in [1.165, 1.54) is 42.5 Å². The fraction of sp³-hybridized carbons (Fsp3) is 0.130. The lowest BCUT2D eigenvalue weighted by Crippen LogP contribution is -2.18. The molecule has 0 fully saturated rings. The lowest BCUT2D eigenvalue weighted by atomic mass is 10.1. The molecule has 3 aromatic carbocycles. The highest BCUT2D eigenvalue weighted by Crippen LogP contribution is 2.31. The number of alkyl halides is 3. The average Bonchev–Trinajstić information content (AvgIpc) is 2.78. The van der Waals surface area contributed by atoms with Gasteiger partial charge in [0.25, 0.3) is 15.9 Å². The third kappa shape index (κ3) is 5.54. The van der Waals surface area contributed by atoms with E-state index in [4.69, 9.17) is 0 Å². The highest BCUT2D eigenvalue weighted by molar-refractivity contribution is 7.92. The topological polar surface area (TPSA) is 102 Å². The van der Waals surface area contributed by atoms with Crippen molar-refractivity contribution in [3.8, 4) is 0 Å². The summed E-state index contributed by atoms with van der Waals surface area (Å²) >= 11 is 0. The molecule has 0 saturated heterocycles. The number of hydrogen-bond acceptors (Lipinski definition) is 5. The summed E-state index contributed by atoms with van der Waals surface area (Å²) in [5.41, 5.74) is -0.725. The van der Waals surface area contributed by atoms with Gasteiger partial charge in [0.1, 0.15) is 0 Å². The SMILES string of the molecule is COC(=O)c1ccccc1NS(=O)(=O)c1ccc(C)c(C(=O)Nc2cccc(C(F)(F)F)c2)c1. The van der Waals surface area contributed by atoms with Crippen molar-refractivity contribution >= 4 is 33.3 Å². The summed E-state index contributed by atoms with van der Waals surface area (Å²) in [5, 5.41) is 2.36. The Morgan fingerprint density at radius 3 is 2.29 bits per heavy atom. The molecule has 11 heteroatoms. The van der Waals surface area contributed by atoms with E-state index in [2.05, 4.69) is 14.8 Å². The molecular weight excluding hydrogens is 473 g/mol. The number of anilines is 2. The predicted octanol–water partition coefficient (Wildman–Crippen LogP) is 4.85. The molecule has 178 valence electrons. The first-order valence-electron chi connectivity index (χ1n) is 9.72. The van der Waals surface area contributed by atoms with Gasteiger partial charge in [-0.05, 0) is 55.0 Å². The first-order chi connectivity index (χ1) is 15.9. The molecule has 0 radical (unpaired) electrons. The Bertz CT molecular complexity index is 1350. The van der Waals surface area contributed by atoms with Crippen LogP contribution < -0.4 is 10.0 Å². The van der Waals surface area contributed by atoms with Crippen molar-refractivity contribution < 1.29 is 35.9 Å². The van der Waals surface area contributed by atoms with E-state index in [1.54, 1.807) is 6.92 Å². The van der Waals surface area contributed by atoms with Crippen LogP contribution in [0.2, 0.25) is 0 Å². The number of ether oxygens (including phenoxy) is 1. The number of rotatable bonds is 6. The average molecular weight is 492 g/mol. The van der Waals surface area contributed by atoms with Gasteiger partial charge in [0, 0.05) is 11.3 Å². The third-order valence-electron chi connectivity index (χ3n) is 4.79. The zero-order valence-electron chi connectivity index (χ0n) is 17.9. The summed E-state index contributed by atoms with van der Waals surface area (Å²) in [6.07, 6.45) is -4.59. The Morgan fingerprint density at radius 1 is 0.912 bits per heavy atom. The summed E-state index contributed by atoms with van der Waals surface area (Å²) in [6, 6.07) is 13.6. The number of para-hydroxylation sites is 1. The van der Waals surface area contributed by atoms with Crippen LogP contribution in [0.25, 0.3) is 0 Å². The van der Waals surface area contributed by atoms with Crippen LogP contribution in [-0.4, -0.2) is 27.4 Å². The zero-order chi connectivity index (χ0) is 25.1. The highest BCUT2D eigenvalue weighted by atomic mass is 32.2. The molecule has 0 bridgehead atoms. The van der Waals surface area contributed by atoms with Crippen LogP contribution in [-0.2, 0) is 20.9 Å². The summed E-state index contributed by atoms with van der Waals surface area (Å²) < 4.78 is 71.7. The van der Waals surface area contributed by atoms with E-state index < -0.39 is 33.6 Å². The van der Waals surface area contributed by atoms with Crippen LogP contribution in [0.1, 0.15) is 31.8 Å². The number of halogens is 3. The molecule has 3 aromatic rings. The van der Waals surface area contributed by atoms with Crippen LogP contribution in [0.15, 0.2) is 71.6 Å². The lowest BCUT2D eigenvalue weighted by Gasteiger charge is -2.14. The number of carbonyl (C=O) groups excluding carboxylic acids is 2. The van der Waals surface area contributed by atoms with Gasteiger partial charge in [0.05, 0.1) is 28.8 Å². The molecule has 1 amide bonds. The second kappa shape index (κ2) is 9.56. The molecule has 0 saturated carbocycles. The van der Waals surface area contributed by atoms with E-state index in [0.29, 0.717) is 5.56 Å². The van der Waals surface area contributed by atoms with E-state index in [-0.39, 0.29) is 27.4 Å². The van der Waals surface area contributed by atoms with Crippen molar-refractivity contribution in [3.05, 3.63) is 89.0 Å². The smallest absolute Gasteiger partial charge is 0.416 e. The van der Waals surface area contributed by atoms with Crippen LogP contribution in [0.4, 0.5) is 24.5 Å². The normalized spacial score (nSPS) is 11.6. The minimum absolute atomic E-state index is 0.0109. The van der Waals surface area contributed by atoms with Gasteiger partial charge in [0.15, 0.2) is 0 Å². The Labute approximate surface area is 193 Å². The van der Waals surface area contributed by atoms with Crippen molar-refractivity contribution in [2.75, 3.05) is 17.1 Å². The molecule has 0 unspecified atom stereocenters. The standard InChI is InChI=1S/C23H19F3N2O5S/c1-14-10-11-17(34(31,32)28-20-9-4-3-8-18(20)22(30)33-2)13-19(14)21(29)27-16-7-5-6-15(12-16)23(24,25)26/h3-13,28H,1-2H3,(H,27,29). The first-order valence-corrected chi connectivity index (χ1v) is 11.2. The number of sulfonamides is 1. The number of carbonyl (C=O) groups is 2. The van der Waals surface area contributed by atoms with Gasteiger partial charge in [-0.2, -0.15) is 13.2 Å². The molecule has 0 atom stereocenters.